The molecule has 1 heterocycles. The van der Waals surface area contributed by atoms with Gasteiger partial charge in [-0.15, -0.1) is 0 Å². The number of carbonyl (C=O) groups excluding carboxylic acids is 1. The first kappa shape index (κ1) is 14.2. The van der Waals surface area contributed by atoms with Crippen LogP contribution >= 0.6 is 11.6 Å². The highest BCUT2D eigenvalue weighted by molar-refractivity contribution is 6.33. The Morgan fingerprint density at radius 2 is 2.24 bits per heavy atom. The molecule has 0 aliphatic heterocycles. The van der Waals surface area contributed by atoms with Crippen molar-refractivity contribution in [3.05, 3.63) is 16.9 Å². The van der Waals surface area contributed by atoms with Crippen LogP contribution in [-0.2, 0) is 11.3 Å². The lowest BCUT2D eigenvalue weighted by molar-refractivity contribution is 0.0568. The van der Waals surface area contributed by atoms with Crippen LogP contribution in [0.5, 0.6) is 0 Å². The molecule has 1 atom stereocenters. The number of ether oxygens (including phenoxy) is 1. The van der Waals surface area contributed by atoms with E-state index in [0.717, 1.165) is 12.8 Å². The lowest BCUT2D eigenvalue weighted by Crippen LogP contribution is -2.26. The molecule has 4 nitrogen and oxygen atoms in total. The van der Waals surface area contributed by atoms with Crippen molar-refractivity contribution in [3.8, 4) is 0 Å². The average Bonchev–Trinajstić information content (AvgIpc) is 2.67. The van der Waals surface area contributed by atoms with Gasteiger partial charge in [0, 0.05) is 13.7 Å². The number of aromatic nitrogens is 2. The Hall–Kier alpha value is -0.870. The second kappa shape index (κ2) is 6.77. The topological polar surface area (TPSA) is 44.1 Å². The van der Waals surface area contributed by atoms with Gasteiger partial charge in [-0.3, -0.25) is 9.48 Å². The third kappa shape index (κ3) is 3.30. The fraction of sp³-hybridized carbons (Fsp3) is 0.667. The zero-order valence-corrected chi connectivity index (χ0v) is 11.3. The van der Waals surface area contributed by atoms with Crippen molar-refractivity contribution in [2.45, 2.75) is 45.8 Å². The molecule has 0 bridgehead atoms. The smallest absolute Gasteiger partial charge is 0.211 e. The molecule has 1 rings (SSSR count). The van der Waals surface area contributed by atoms with Crippen LogP contribution in [0.25, 0.3) is 0 Å². The van der Waals surface area contributed by atoms with E-state index in [2.05, 4.69) is 5.10 Å². The van der Waals surface area contributed by atoms with Crippen LogP contribution in [0, 0.1) is 0 Å². The molecule has 0 saturated heterocycles. The van der Waals surface area contributed by atoms with E-state index in [4.69, 9.17) is 16.3 Å². The number of rotatable bonds is 7. The van der Waals surface area contributed by atoms with E-state index in [9.17, 15) is 4.79 Å². The van der Waals surface area contributed by atoms with Crippen LogP contribution in [0.4, 0.5) is 0 Å². The van der Waals surface area contributed by atoms with Crippen molar-refractivity contribution in [1.82, 2.24) is 9.78 Å². The van der Waals surface area contributed by atoms with Gasteiger partial charge < -0.3 is 4.74 Å². The van der Waals surface area contributed by atoms with E-state index in [0.29, 0.717) is 23.7 Å². The molecule has 0 aliphatic rings. The van der Waals surface area contributed by atoms with Crippen molar-refractivity contribution < 1.29 is 9.53 Å². The van der Waals surface area contributed by atoms with Crippen molar-refractivity contribution in [3.63, 3.8) is 0 Å². The van der Waals surface area contributed by atoms with Crippen molar-refractivity contribution in [1.29, 1.82) is 0 Å². The minimum atomic E-state index is -0.426. The SMILES string of the molecule is CCCC(OC)C(=O)c1c(Cl)cnn1CCC. The second-order valence-corrected chi connectivity index (χ2v) is 4.35. The maximum atomic E-state index is 12.3. The number of nitrogens with zero attached hydrogens (tertiary/aromatic N) is 2. The molecule has 17 heavy (non-hydrogen) atoms. The molecule has 0 fully saturated rings. The summed E-state index contributed by atoms with van der Waals surface area (Å²) in [6, 6.07) is 0. The summed E-state index contributed by atoms with van der Waals surface area (Å²) < 4.78 is 6.87. The summed E-state index contributed by atoms with van der Waals surface area (Å²) in [6.45, 7) is 4.74. The third-order valence-electron chi connectivity index (χ3n) is 2.59. The van der Waals surface area contributed by atoms with Gasteiger partial charge in [0.15, 0.2) is 0 Å². The van der Waals surface area contributed by atoms with E-state index >= 15 is 0 Å². The maximum Gasteiger partial charge on any atom is 0.211 e. The number of halogens is 1. The van der Waals surface area contributed by atoms with Gasteiger partial charge in [0.2, 0.25) is 5.78 Å². The van der Waals surface area contributed by atoms with Gasteiger partial charge in [0.25, 0.3) is 0 Å². The van der Waals surface area contributed by atoms with Gasteiger partial charge in [-0.25, -0.2) is 0 Å². The zero-order chi connectivity index (χ0) is 12.8. The second-order valence-electron chi connectivity index (χ2n) is 3.94. The molecule has 0 saturated carbocycles. The molecule has 0 N–H and O–H groups in total. The summed E-state index contributed by atoms with van der Waals surface area (Å²) in [5.41, 5.74) is 0.466. The highest BCUT2D eigenvalue weighted by Gasteiger charge is 2.25. The summed E-state index contributed by atoms with van der Waals surface area (Å²) >= 11 is 6.02. The summed E-state index contributed by atoms with van der Waals surface area (Å²) in [6.07, 6.45) is 3.59. The van der Waals surface area contributed by atoms with E-state index < -0.39 is 6.10 Å². The average molecular weight is 259 g/mol. The summed E-state index contributed by atoms with van der Waals surface area (Å²) in [7, 11) is 1.55. The number of hydrogen-bond acceptors (Lipinski definition) is 3. The standard InChI is InChI=1S/C12H19ClN2O2/c1-4-6-10(17-3)12(16)11-9(13)8-14-15(11)7-5-2/h8,10H,4-7H2,1-3H3. The van der Waals surface area contributed by atoms with Crippen LogP contribution in [0.2, 0.25) is 5.02 Å². The molecule has 1 unspecified atom stereocenters. The van der Waals surface area contributed by atoms with Gasteiger partial charge >= 0.3 is 0 Å². The first-order valence-corrected chi connectivity index (χ1v) is 6.31. The van der Waals surface area contributed by atoms with Gasteiger partial charge in [-0.05, 0) is 12.8 Å². The lowest BCUT2D eigenvalue weighted by atomic mass is 10.1. The Morgan fingerprint density at radius 1 is 1.53 bits per heavy atom. The number of Topliss-reactive ketones (excluding diaryl/α,β-unsaturated/α-hetero) is 1. The van der Waals surface area contributed by atoms with Crippen LogP contribution in [0.3, 0.4) is 0 Å². The van der Waals surface area contributed by atoms with E-state index in [-0.39, 0.29) is 5.78 Å². The van der Waals surface area contributed by atoms with Gasteiger partial charge in [-0.2, -0.15) is 5.10 Å². The van der Waals surface area contributed by atoms with Crippen LogP contribution in [0.1, 0.15) is 43.6 Å². The molecule has 0 amide bonds. The maximum absolute atomic E-state index is 12.3. The number of aryl methyl sites for hydroxylation is 1. The molecule has 96 valence electrons. The fourth-order valence-electron chi connectivity index (χ4n) is 1.76. The number of hydrogen-bond donors (Lipinski definition) is 0. The quantitative estimate of drug-likeness (QED) is 0.707. The van der Waals surface area contributed by atoms with Crippen LogP contribution < -0.4 is 0 Å². The monoisotopic (exact) mass is 258 g/mol. The largest absolute Gasteiger partial charge is 0.373 e. The molecule has 0 radical (unpaired) electrons. The Balaban J connectivity index is 2.96. The highest BCUT2D eigenvalue weighted by Crippen LogP contribution is 2.19. The Kier molecular flexibility index (Phi) is 5.65. The molecule has 5 heteroatoms. The molecule has 0 aliphatic carbocycles. The molecule has 0 aromatic carbocycles. The van der Waals surface area contributed by atoms with Crippen LogP contribution in [0.15, 0.2) is 6.20 Å². The summed E-state index contributed by atoms with van der Waals surface area (Å²) in [5, 5.41) is 4.52. The number of ketones is 1. The first-order chi connectivity index (χ1) is 8.15. The number of carbonyl (C=O) groups is 1. The third-order valence-corrected chi connectivity index (χ3v) is 2.87. The first-order valence-electron chi connectivity index (χ1n) is 5.93. The van der Waals surface area contributed by atoms with E-state index in [1.54, 1.807) is 11.8 Å². The van der Waals surface area contributed by atoms with Crippen molar-refractivity contribution in [2.24, 2.45) is 0 Å². The number of methoxy groups -OCH3 is 1. The zero-order valence-electron chi connectivity index (χ0n) is 10.6. The van der Waals surface area contributed by atoms with E-state index in [1.165, 1.54) is 6.20 Å². The van der Waals surface area contributed by atoms with Crippen molar-refractivity contribution >= 4 is 17.4 Å². The summed E-state index contributed by atoms with van der Waals surface area (Å²) in [4.78, 5) is 12.3. The summed E-state index contributed by atoms with van der Waals surface area (Å²) in [5.74, 6) is -0.0784. The normalized spacial score (nSPS) is 12.7. The molecule has 1 aromatic heterocycles. The molecule has 1 aromatic rings. The van der Waals surface area contributed by atoms with Gasteiger partial charge in [0.05, 0.1) is 11.2 Å². The Morgan fingerprint density at radius 3 is 2.76 bits per heavy atom. The van der Waals surface area contributed by atoms with Gasteiger partial charge in [-0.1, -0.05) is 31.9 Å². The Bertz CT molecular complexity index is 377. The van der Waals surface area contributed by atoms with Crippen LogP contribution in [-0.4, -0.2) is 28.8 Å². The molecular formula is C12H19ClN2O2. The highest BCUT2D eigenvalue weighted by atomic mass is 35.5. The van der Waals surface area contributed by atoms with Crippen molar-refractivity contribution in [2.75, 3.05) is 7.11 Å². The Labute approximate surface area is 107 Å². The van der Waals surface area contributed by atoms with E-state index in [1.807, 2.05) is 13.8 Å². The predicted octanol–water partition coefficient (Wildman–Crippen LogP) is 2.94. The minimum absolute atomic E-state index is 0.0784. The molecular weight excluding hydrogens is 240 g/mol. The molecule has 0 spiro atoms. The fourth-order valence-corrected chi connectivity index (χ4v) is 1.99. The van der Waals surface area contributed by atoms with Gasteiger partial charge in [0.1, 0.15) is 11.8 Å². The lowest BCUT2D eigenvalue weighted by Gasteiger charge is -2.14. The predicted molar refractivity (Wildman–Crippen MR) is 67.6 cm³/mol. The minimum Gasteiger partial charge on any atom is -0.373 e.